The molecule has 1 aliphatic carbocycles. The summed E-state index contributed by atoms with van der Waals surface area (Å²) in [7, 11) is 1.61. The Balaban J connectivity index is 1.68. The maximum Gasteiger partial charge on any atom is 0.255 e. The fourth-order valence-corrected chi connectivity index (χ4v) is 4.17. The van der Waals surface area contributed by atoms with E-state index in [0.29, 0.717) is 24.1 Å². The number of hydrogen-bond donors (Lipinski definition) is 4. The molecule has 1 fully saturated rings. The lowest BCUT2D eigenvalue weighted by Gasteiger charge is -2.36. The summed E-state index contributed by atoms with van der Waals surface area (Å²) in [5.41, 5.74) is 1.39. The fraction of sp³-hybridized carbons (Fsp3) is 0.333. The first-order valence-corrected chi connectivity index (χ1v) is 10.7. The van der Waals surface area contributed by atoms with Crippen molar-refractivity contribution >= 4 is 40.8 Å². The van der Waals surface area contributed by atoms with Gasteiger partial charge in [0.05, 0.1) is 23.6 Å². The number of aliphatic hydroxyl groups is 1. The number of nitrogens with one attached hydrogen (secondary N) is 3. The van der Waals surface area contributed by atoms with Crippen molar-refractivity contribution in [1.29, 1.82) is 5.41 Å². The van der Waals surface area contributed by atoms with Gasteiger partial charge in [-0.1, -0.05) is 0 Å². The Bertz CT molecular complexity index is 1190. The Morgan fingerprint density at radius 3 is 2.78 bits per heavy atom. The minimum atomic E-state index is -0.448. The maximum atomic E-state index is 13.6. The van der Waals surface area contributed by atoms with Crippen LogP contribution in [0.25, 0.3) is 11.2 Å². The molecule has 0 spiro atoms. The highest BCUT2D eigenvalue weighted by Crippen LogP contribution is 2.31. The van der Waals surface area contributed by atoms with E-state index in [2.05, 4.69) is 20.6 Å². The van der Waals surface area contributed by atoms with E-state index in [9.17, 15) is 18.2 Å². The van der Waals surface area contributed by atoms with Crippen molar-refractivity contribution in [1.82, 2.24) is 19.3 Å². The molecule has 168 valence electrons. The monoisotopic (exact) mass is 460 g/mol. The zero-order valence-electron chi connectivity index (χ0n) is 17.4. The Kier molecular flexibility index (Phi) is 6.11. The zero-order chi connectivity index (χ0) is 23.0. The number of aromatic nitrogens is 3. The van der Waals surface area contributed by atoms with Gasteiger partial charge in [0.2, 0.25) is 0 Å². The van der Waals surface area contributed by atoms with E-state index >= 15 is 0 Å². The summed E-state index contributed by atoms with van der Waals surface area (Å²) in [6, 6.07) is 3.79. The molecule has 0 saturated heterocycles. The number of anilines is 1. The van der Waals surface area contributed by atoms with Crippen molar-refractivity contribution in [2.45, 2.75) is 31.9 Å². The molecule has 11 heteroatoms. The van der Waals surface area contributed by atoms with E-state index in [-0.39, 0.29) is 58.5 Å². The number of carbonyl (C=O) groups is 1. The van der Waals surface area contributed by atoms with Gasteiger partial charge in [0.1, 0.15) is 17.0 Å². The molecule has 1 atom stereocenters. The van der Waals surface area contributed by atoms with Gasteiger partial charge >= 0.3 is 0 Å². The topological polar surface area (TPSA) is 116 Å². The molecule has 2 heterocycles. The van der Waals surface area contributed by atoms with E-state index in [1.165, 1.54) is 30.6 Å². The first-order chi connectivity index (χ1) is 15.3. The van der Waals surface area contributed by atoms with Crippen LogP contribution in [-0.2, 0) is 0 Å². The van der Waals surface area contributed by atoms with Gasteiger partial charge in [0.25, 0.3) is 5.91 Å². The van der Waals surface area contributed by atoms with E-state index in [1.54, 1.807) is 7.05 Å². The van der Waals surface area contributed by atoms with Gasteiger partial charge in [-0.2, -0.15) is 0 Å². The number of amides is 1. The number of aliphatic hydroxyl groups excluding tert-OH is 1. The standard InChI is InChI=1S/C21H22F2N6O2S/c1-10(11-5-13(30)6-11)27-21(31)15-9-29(32-23)20-19(15)28-17(8-26-20)18(24)14-4-3-12(22)7-16(14)25-2/h3-4,7-11,13,24-25,30H,5-6H2,1-2H3,(H,27,31). The number of halogens is 2. The third-order valence-electron chi connectivity index (χ3n) is 5.77. The number of carbonyl (C=O) groups excluding carboxylic acids is 1. The van der Waals surface area contributed by atoms with Crippen LogP contribution < -0.4 is 10.6 Å². The summed E-state index contributed by atoms with van der Waals surface area (Å²) >= 11 is -0.108. The van der Waals surface area contributed by atoms with E-state index in [0.717, 1.165) is 3.97 Å². The molecule has 1 aliphatic rings. The minimum Gasteiger partial charge on any atom is -0.393 e. The summed E-state index contributed by atoms with van der Waals surface area (Å²) in [5.74, 6) is -0.713. The third-order valence-corrected chi connectivity index (χ3v) is 6.20. The number of benzene rings is 1. The summed E-state index contributed by atoms with van der Waals surface area (Å²) in [4.78, 5) is 21.6. The lowest BCUT2D eigenvalue weighted by atomic mass is 9.78. The lowest BCUT2D eigenvalue weighted by molar-refractivity contribution is 0.0270. The summed E-state index contributed by atoms with van der Waals surface area (Å²) in [6.45, 7) is 1.86. The van der Waals surface area contributed by atoms with E-state index in [1.807, 2.05) is 6.92 Å². The van der Waals surface area contributed by atoms with Crippen LogP contribution in [0.5, 0.6) is 0 Å². The molecule has 32 heavy (non-hydrogen) atoms. The van der Waals surface area contributed by atoms with Crippen molar-refractivity contribution in [3.05, 3.63) is 53.2 Å². The second-order valence-electron chi connectivity index (χ2n) is 7.83. The molecule has 1 aromatic carbocycles. The van der Waals surface area contributed by atoms with Crippen LogP contribution in [0.3, 0.4) is 0 Å². The highest BCUT2D eigenvalue weighted by atomic mass is 32.2. The van der Waals surface area contributed by atoms with Crippen molar-refractivity contribution in [3.8, 4) is 0 Å². The molecule has 4 N–H and O–H groups in total. The molecule has 8 nitrogen and oxygen atoms in total. The molecular weight excluding hydrogens is 438 g/mol. The van der Waals surface area contributed by atoms with Gasteiger partial charge in [0, 0.05) is 30.5 Å². The summed E-state index contributed by atoms with van der Waals surface area (Å²) in [5, 5.41) is 23.8. The Hall–Kier alpha value is -3.05. The van der Waals surface area contributed by atoms with Crippen LogP contribution in [0.1, 0.15) is 41.4 Å². The van der Waals surface area contributed by atoms with Crippen molar-refractivity contribution in [3.63, 3.8) is 0 Å². The van der Waals surface area contributed by atoms with Crippen molar-refractivity contribution < 1.29 is 18.2 Å². The van der Waals surface area contributed by atoms with Crippen LogP contribution in [0.2, 0.25) is 0 Å². The van der Waals surface area contributed by atoms with Gasteiger partial charge in [-0.3, -0.25) is 10.2 Å². The summed E-state index contributed by atoms with van der Waals surface area (Å²) < 4.78 is 28.1. The number of rotatable bonds is 7. The summed E-state index contributed by atoms with van der Waals surface area (Å²) in [6.07, 6.45) is 3.54. The average molecular weight is 461 g/mol. The normalized spacial score (nSPS) is 18.8. The van der Waals surface area contributed by atoms with Crippen LogP contribution in [-0.4, -0.2) is 49.9 Å². The predicted octanol–water partition coefficient (Wildman–Crippen LogP) is 3.30. The zero-order valence-corrected chi connectivity index (χ0v) is 18.2. The molecule has 0 aliphatic heterocycles. The Morgan fingerprint density at radius 1 is 1.38 bits per heavy atom. The first-order valence-electron chi connectivity index (χ1n) is 10.0. The fourth-order valence-electron chi connectivity index (χ4n) is 3.82. The Labute approximate surface area is 187 Å². The second-order valence-corrected chi connectivity index (χ2v) is 8.36. The molecule has 0 radical (unpaired) electrons. The maximum absolute atomic E-state index is 13.6. The van der Waals surface area contributed by atoms with Gasteiger partial charge in [0.15, 0.2) is 18.0 Å². The van der Waals surface area contributed by atoms with Gasteiger partial charge in [-0.05, 0) is 43.9 Å². The Morgan fingerprint density at radius 2 is 2.12 bits per heavy atom. The van der Waals surface area contributed by atoms with Crippen molar-refractivity contribution in [2.75, 3.05) is 12.4 Å². The van der Waals surface area contributed by atoms with E-state index in [4.69, 9.17) is 5.41 Å². The second kappa shape index (κ2) is 8.83. The van der Waals surface area contributed by atoms with Crippen LogP contribution >= 0.6 is 12.3 Å². The average Bonchev–Trinajstić information content (AvgIpc) is 3.14. The van der Waals surface area contributed by atoms with Gasteiger partial charge in [-0.25, -0.2) is 18.3 Å². The van der Waals surface area contributed by atoms with Gasteiger partial charge in [-0.15, -0.1) is 3.89 Å². The largest absolute Gasteiger partial charge is 0.393 e. The molecular formula is C21H22F2N6O2S. The SMILES string of the molecule is CNc1cc(F)ccc1C(=N)c1cnc2c(n1)c(C(=O)NC(C)C1CC(O)C1)cn2SF. The van der Waals surface area contributed by atoms with Crippen molar-refractivity contribution in [2.24, 2.45) is 5.92 Å². The van der Waals surface area contributed by atoms with Crippen LogP contribution in [0, 0.1) is 17.1 Å². The minimum absolute atomic E-state index is 0.0208. The highest BCUT2D eigenvalue weighted by molar-refractivity contribution is 7.92. The van der Waals surface area contributed by atoms with E-state index < -0.39 is 11.7 Å². The number of hydrogen-bond acceptors (Lipinski definition) is 7. The first kappa shape index (κ1) is 22.2. The number of nitrogens with zero attached hydrogens (tertiary/aromatic N) is 3. The molecule has 0 bridgehead atoms. The predicted molar refractivity (Wildman–Crippen MR) is 119 cm³/mol. The molecule has 2 aromatic heterocycles. The van der Waals surface area contributed by atoms with Gasteiger partial charge < -0.3 is 15.7 Å². The molecule has 1 amide bonds. The molecule has 1 saturated carbocycles. The van der Waals surface area contributed by atoms with Crippen LogP contribution in [0.4, 0.5) is 14.0 Å². The van der Waals surface area contributed by atoms with Crippen LogP contribution in [0.15, 0.2) is 30.6 Å². The quantitative estimate of drug-likeness (QED) is 0.402. The molecule has 3 aromatic rings. The third kappa shape index (κ3) is 4.05. The molecule has 1 unspecified atom stereocenters. The number of fused-ring (bicyclic) bond motifs is 1. The lowest BCUT2D eigenvalue weighted by Crippen LogP contribution is -2.45. The smallest absolute Gasteiger partial charge is 0.255 e. The molecule has 4 rings (SSSR count). The highest BCUT2D eigenvalue weighted by Gasteiger charge is 2.33.